The summed E-state index contributed by atoms with van der Waals surface area (Å²) < 4.78 is 23.6. The second-order valence-electron chi connectivity index (χ2n) is 4.21. The fraction of sp³-hybridized carbons (Fsp3) is 0.0714. The van der Waals surface area contributed by atoms with Crippen molar-refractivity contribution in [2.45, 2.75) is 6.61 Å². The summed E-state index contributed by atoms with van der Waals surface area (Å²) in [5.41, 5.74) is 1.51. The Bertz CT molecular complexity index is 756. The smallest absolute Gasteiger partial charge is 0.293 e. The monoisotopic (exact) mass is 319 g/mol. The normalized spacial score (nSPS) is 10.4. The minimum Gasteiger partial charge on any atom is -0.486 e. The summed E-state index contributed by atoms with van der Waals surface area (Å²) in [6, 6.07) is 8.82. The van der Waals surface area contributed by atoms with Crippen LogP contribution in [-0.2, 0) is 6.61 Å². The van der Waals surface area contributed by atoms with Gasteiger partial charge in [0, 0.05) is 0 Å². The molecule has 6 nitrogen and oxygen atoms in total. The van der Waals surface area contributed by atoms with Gasteiger partial charge in [-0.15, -0.1) is 10.2 Å². The fourth-order valence-electron chi connectivity index (χ4n) is 1.65. The largest absolute Gasteiger partial charge is 0.486 e. The number of aromatic nitrogens is 2. The first-order chi connectivity index (χ1) is 10.7. The van der Waals surface area contributed by atoms with Crippen LogP contribution in [0, 0.1) is 5.82 Å². The number of benzene rings is 1. The maximum Gasteiger partial charge on any atom is 0.293 e. The lowest BCUT2D eigenvalue weighted by Gasteiger charge is -2.03. The molecule has 0 saturated heterocycles. The predicted molar refractivity (Wildman–Crippen MR) is 77.3 cm³/mol. The van der Waals surface area contributed by atoms with Crippen molar-refractivity contribution in [3.63, 3.8) is 0 Å². The SMILES string of the molecule is O=C(Nc1nncs1)c1ccc(COc2ccc(F)cc2)o1. The molecule has 0 unspecified atom stereocenters. The first kappa shape index (κ1) is 14.2. The second-order valence-corrected chi connectivity index (χ2v) is 5.04. The van der Waals surface area contributed by atoms with Crippen LogP contribution in [0.1, 0.15) is 16.3 Å². The molecule has 0 saturated carbocycles. The third kappa shape index (κ3) is 3.47. The average molecular weight is 319 g/mol. The summed E-state index contributed by atoms with van der Waals surface area (Å²) in [7, 11) is 0. The Kier molecular flexibility index (Phi) is 4.10. The zero-order valence-corrected chi connectivity index (χ0v) is 12.0. The van der Waals surface area contributed by atoms with E-state index in [9.17, 15) is 9.18 Å². The van der Waals surface area contributed by atoms with Crippen molar-refractivity contribution in [3.8, 4) is 5.75 Å². The molecule has 1 amide bonds. The molecule has 2 aromatic heterocycles. The number of hydrogen-bond donors (Lipinski definition) is 1. The summed E-state index contributed by atoms with van der Waals surface area (Å²) >= 11 is 1.21. The van der Waals surface area contributed by atoms with E-state index >= 15 is 0 Å². The van der Waals surface area contributed by atoms with Crippen LogP contribution in [0.25, 0.3) is 0 Å². The van der Waals surface area contributed by atoms with Crippen LogP contribution in [0.5, 0.6) is 5.75 Å². The van der Waals surface area contributed by atoms with Gasteiger partial charge in [-0.25, -0.2) is 4.39 Å². The average Bonchev–Trinajstić information content (AvgIpc) is 3.18. The van der Waals surface area contributed by atoms with Gasteiger partial charge in [0.15, 0.2) is 5.76 Å². The molecule has 0 fully saturated rings. The Morgan fingerprint density at radius 3 is 2.82 bits per heavy atom. The molecule has 8 heteroatoms. The maximum absolute atomic E-state index is 12.8. The number of ether oxygens (including phenoxy) is 1. The van der Waals surface area contributed by atoms with Crippen LogP contribution in [0.4, 0.5) is 9.52 Å². The van der Waals surface area contributed by atoms with Gasteiger partial charge in [-0.05, 0) is 36.4 Å². The topological polar surface area (TPSA) is 77.2 Å². The number of carbonyl (C=O) groups is 1. The maximum atomic E-state index is 12.8. The first-order valence-electron chi connectivity index (χ1n) is 6.25. The van der Waals surface area contributed by atoms with E-state index in [-0.39, 0.29) is 18.2 Å². The van der Waals surface area contributed by atoms with E-state index in [1.54, 1.807) is 12.1 Å². The van der Waals surface area contributed by atoms with Crippen LogP contribution < -0.4 is 10.1 Å². The molecule has 3 rings (SSSR count). The van der Waals surface area contributed by atoms with Crippen molar-refractivity contribution in [3.05, 3.63) is 59.2 Å². The van der Waals surface area contributed by atoms with Gasteiger partial charge in [-0.3, -0.25) is 10.1 Å². The standard InChI is InChI=1S/C14H10FN3O3S/c15-9-1-3-10(4-2-9)20-7-11-5-6-12(21-11)13(19)17-14-18-16-8-22-14/h1-6,8H,7H2,(H,17,18,19). The number of furan rings is 1. The quantitative estimate of drug-likeness (QED) is 0.782. The highest BCUT2D eigenvalue weighted by molar-refractivity contribution is 7.13. The Hall–Kier alpha value is -2.74. The number of hydrogen-bond acceptors (Lipinski definition) is 6. The summed E-state index contributed by atoms with van der Waals surface area (Å²) in [6.45, 7) is 0.137. The van der Waals surface area contributed by atoms with Crippen molar-refractivity contribution in [2.75, 3.05) is 5.32 Å². The van der Waals surface area contributed by atoms with Gasteiger partial charge in [0.05, 0.1) is 0 Å². The molecule has 0 spiro atoms. The Labute approximate surface area is 128 Å². The van der Waals surface area contributed by atoms with E-state index in [1.165, 1.54) is 41.1 Å². The molecule has 0 aliphatic carbocycles. The number of nitrogens with one attached hydrogen (secondary N) is 1. The molecule has 0 atom stereocenters. The minimum atomic E-state index is -0.412. The van der Waals surface area contributed by atoms with E-state index < -0.39 is 5.91 Å². The molecule has 2 heterocycles. The van der Waals surface area contributed by atoms with Crippen molar-refractivity contribution < 1.29 is 18.3 Å². The molecule has 3 aromatic rings. The number of anilines is 1. The van der Waals surface area contributed by atoms with Crippen LogP contribution in [0.3, 0.4) is 0 Å². The fourth-order valence-corrected chi connectivity index (χ4v) is 2.09. The highest BCUT2D eigenvalue weighted by Crippen LogP contribution is 2.16. The van der Waals surface area contributed by atoms with E-state index in [4.69, 9.17) is 9.15 Å². The lowest BCUT2D eigenvalue weighted by atomic mass is 10.3. The summed E-state index contributed by atoms with van der Waals surface area (Å²) in [4.78, 5) is 11.9. The Morgan fingerprint density at radius 1 is 1.27 bits per heavy atom. The molecule has 22 heavy (non-hydrogen) atoms. The van der Waals surface area contributed by atoms with Gasteiger partial charge < -0.3 is 9.15 Å². The van der Waals surface area contributed by atoms with Crippen LogP contribution in [0.15, 0.2) is 46.3 Å². The highest BCUT2D eigenvalue weighted by Gasteiger charge is 2.13. The number of nitrogens with zero attached hydrogens (tertiary/aromatic N) is 2. The Morgan fingerprint density at radius 2 is 2.09 bits per heavy atom. The number of rotatable bonds is 5. The number of carbonyl (C=O) groups excluding carboxylic acids is 1. The molecule has 0 aliphatic rings. The van der Waals surface area contributed by atoms with Crippen LogP contribution >= 0.6 is 11.3 Å². The highest BCUT2D eigenvalue weighted by atomic mass is 32.1. The number of halogens is 1. The molecule has 1 N–H and O–H groups in total. The van der Waals surface area contributed by atoms with Gasteiger partial charge in [-0.1, -0.05) is 11.3 Å². The van der Waals surface area contributed by atoms with Gasteiger partial charge in [0.25, 0.3) is 5.91 Å². The third-order valence-electron chi connectivity index (χ3n) is 2.66. The molecule has 0 aliphatic heterocycles. The van der Waals surface area contributed by atoms with Crippen molar-refractivity contribution in [1.29, 1.82) is 0 Å². The van der Waals surface area contributed by atoms with E-state index in [1.807, 2.05) is 0 Å². The molecule has 1 aromatic carbocycles. The number of amides is 1. The van der Waals surface area contributed by atoms with Crippen molar-refractivity contribution >= 4 is 22.4 Å². The lowest BCUT2D eigenvalue weighted by molar-refractivity contribution is 0.0992. The first-order valence-corrected chi connectivity index (χ1v) is 7.13. The van der Waals surface area contributed by atoms with Gasteiger partial charge in [0.1, 0.15) is 29.4 Å². The van der Waals surface area contributed by atoms with E-state index in [0.717, 1.165) is 0 Å². The van der Waals surface area contributed by atoms with Crippen molar-refractivity contribution in [2.24, 2.45) is 0 Å². The van der Waals surface area contributed by atoms with Crippen LogP contribution in [0.2, 0.25) is 0 Å². The predicted octanol–water partition coefficient (Wildman–Crippen LogP) is 3.10. The molecule has 0 radical (unpaired) electrons. The van der Waals surface area contributed by atoms with Gasteiger partial charge >= 0.3 is 0 Å². The van der Waals surface area contributed by atoms with Gasteiger partial charge in [-0.2, -0.15) is 0 Å². The summed E-state index contributed by atoms with van der Waals surface area (Å²) in [5.74, 6) is 0.392. The zero-order valence-electron chi connectivity index (χ0n) is 11.2. The van der Waals surface area contributed by atoms with E-state index in [0.29, 0.717) is 16.6 Å². The molecule has 0 bridgehead atoms. The Balaban J connectivity index is 1.58. The minimum absolute atomic E-state index is 0.137. The lowest BCUT2D eigenvalue weighted by Crippen LogP contribution is -2.10. The molecular weight excluding hydrogens is 309 g/mol. The summed E-state index contributed by atoms with van der Waals surface area (Å²) in [5, 5.41) is 10.3. The summed E-state index contributed by atoms with van der Waals surface area (Å²) in [6.07, 6.45) is 0. The zero-order chi connectivity index (χ0) is 15.4. The van der Waals surface area contributed by atoms with Crippen molar-refractivity contribution in [1.82, 2.24) is 10.2 Å². The van der Waals surface area contributed by atoms with Gasteiger partial charge in [0.2, 0.25) is 5.13 Å². The molecular formula is C14H10FN3O3S. The molecule has 112 valence electrons. The second kappa shape index (κ2) is 6.35. The van der Waals surface area contributed by atoms with E-state index in [2.05, 4.69) is 15.5 Å². The third-order valence-corrected chi connectivity index (χ3v) is 3.27. The van der Waals surface area contributed by atoms with Crippen LogP contribution in [-0.4, -0.2) is 16.1 Å².